The smallest absolute Gasteiger partial charge is 0.224 e. The molecule has 2 N–H and O–H groups in total. The minimum absolute atomic E-state index is 0.658. The summed E-state index contributed by atoms with van der Waals surface area (Å²) in [6, 6.07) is 0. The fraction of sp³-hybridized carbons (Fsp3) is 0.636. The second kappa shape index (κ2) is 7.45. The number of anilines is 2. The molecule has 6 heteroatoms. The molecule has 96 valence electrons. The second-order valence-corrected chi connectivity index (χ2v) is 4.86. The molecule has 0 aliphatic carbocycles. The maximum atomic E-state index is 4.38. The molecule has 1 heterocycles. The van der Waals surface area contributed by atoms with Crippen molar-refractivity contribution in [3.05, 3.63) is 10.7 Å². The van der Waals surface area contributed by atoms with Crippen LogP contribution in [0.5, 0.6) is 0 Å². The van der Waals surface area contributed by atoms with Gasteiger partial charge in [0, 0.05) is 19.3 Å². The van der Waals surface area contributed by atoms with Crippen molar-refractivity contribution in [3.63, 3.8) is 0 Å². The van der Waals surface area contributed by atoms with Gasteiger partial charge < -0.3 is 15.5 Å². The molecule has 1 aromatic rings. The van der Waals surface area contributed by atoms with Crippen LogP contribution in [0.4, 0.5) is 11.8 Å². The number of nitrogens with one attached hydrogen (secondary N) is 2. The zero-order chi connectivity index (χ0) is 12.7. The molecule has 0 aromatic carbocycles. The molecule has 0 amide bonds. The fourth-order valence-corrected chi connectivity index (χ4v) is 1.67. The van der Waals surface area contributed by atoms with E-state index in [9.17, 15) is 0 Å². The van der Waals surface area contributed by atoms with Crippen LogP contribution >= 0.6 is 15.9 Å². The number of nitrogens with zero attached hydrogens (tertiary/aromatic N) is 3. The highest BCUT2D eigenvalue weighted by molar-refractivity contribution is 9.10. The first-order chi connectivity index (χ1) is 8.13. The number of hydrogen-bond acceptors (Lipinski definition) is 5. The third-order valence-corrected chi connectivity index (χ3v) is 2.73. The van der Waals surface area contributed by atoms with Crippen LogP contribution in [0.15, 0.2) is 10.7 Å². The van der Waals surface area contributed by atoms with Gasteiger partial charge in [0.15, 0.2) is 0 Å². The van der Waals surface area contributed by atoms with E-state index in [-0.39, 0.29) is 0 Å². The van der Waals surface area contributed by atoms with Gasteiger partial charge in [-0.25, -0.2) is 4.98 Å². The quantitative estimate of drug-likeness (QED) is 0.755. The third-order valence-electron chi connectivity index (χ3n) is 2.15. The van der Waals surface area contributed by atoms with Gasteiger partial charge in [-0.1, -0.05) is 0 Å². The van der Waals surface area contributed by atoms with E-state index in [1.54, 1.807) is 6.20 Å². The molecule has 0 fully saturated rings. The molecule has 0 bridgehead atoms. The molecule has 0 radical (unpaired) electrons. The monoisotopic (exact) mass is 301 g/mol. The molecular formula is C11H20BrN5. The van der Waals surface area contributed by atoms with E-state index in [0.29, 0.717) is 5.95 Å². The molecule has 1 aromatic heterocycles. The Bertz CT molecular complexity index is 343. The van der Waals surface area contributed by atoms with Crippen molar-refractivity contribution < 1.29 is 0 Å². The van der Waals surface area contributed by atoms with E-state index in [1.807, 2.05) is 6.92 Å². The van der Waals surface area contributed by atoms with Crippen LogP contribution in [0.3, 0.4) is 0 Å². The third kappa shape index (κ3) is 5.32. The van der Waals surface area contributed by atoms with Gasteiger partial charge in [0.25, 0.3) is 0 Å². The Kier molecular flexibility index (Phi) is 6.21. The summed E-state index contributed by atoms with van der Waals surface area (Å²) in [5.41, 5.74) is 0. The van der Waals surface area contributed by atoms with Gasteiger partial charge in [0.1, 0.15) is 5.82 Å². The Balaban J connectivity index is 2.48. The Hall–Kier alpha value is -0.880. The predicted octanol–water partition coefficient (Wildman–Crippen LogP) is 2.03. The topological polar surface area (TPSA) is 53.1 Å². The molecule has 0 saturated carbocycles. The van der Waals surface area contributed by atoms with Crippen molar-refractivity contribution >= 4 is 27.7 Å². The lowest BCUT2D eigenvalue weighted by molar-refractivity contribution is 0.405. The first kappa shape index (κ1) is 14.2. The number of halogens is 1. The molecule has 17 heavy (non-hydrogen) atoms. The van der Waals surface area contributed by atoms with Gasteiger partial charge in [-0.15, -0.1) is 0 Å². The van der Waals surface area contributed by atoms with Crippen molar-refractivity contribution in [1.29, 1.82) is 0 Å². The van der Waals surface area contributed by atoms with Gasteiger partial charge in [0.2, 0.25) is 5.95 Å². The first-order valence-corrected chi connectivity index (χ1v) is 6.57. The average molecular weight is 302 g/mol. The molecule has 0 saturated heterocycles. The van der Waals surface area contributed by atoms with E-state index < -0.39 is 0 Å². The van der Waals surface area contributed by atoms with Crippen LogP contribution in [-0.4, -0.2) is 48.6 Å². The number of aromatic nitrogens is 2. The molecule has 0 unspecified atom stereocenters. The minimum Gasteiger partial charge on any atom is -0.369 e. The Morgan fingerprint density at radius 1 is 1.35 bits per heavy atom. The summed E-state index contributed by atoms with van der Waals surface area (Å²) in [5.74, 6) is 1.50. The largest absolute Gasteiger partial charge is 0.369 e. The molecule has 0 aliphatic heterocycles. The summed E-state index contributed by atoms with van der Waals surface area (Å²) in [7, 11) is 4.15. The summed E-state index contributed by atoms with van der Waals surface area (Å²) in [5, 5.41) is 6.39. The van der Waals surface area contributed by atoms with Gasteiger partial charge in [-0.2, -0.15) is 4.98 Å². The van der Waals surface area contributed by atoms with Crippen molar-refractivity contribution in [1.82, 2.24) is 14.9 Å². The van der Waals surface area contributed by atoms with Crippen molar-refractivity contribution in [3.8, 4) is 0 Å². The molecule has 5 nitrogen and oxygen atoms in total. The highest BCUT2D eigenvalue weighted by atomic mass is 79.9. The van der Waals surface area contributed by atoms with Gasteiger partial charge in [0.05, 0.1) is 4.47 Å². The maximum Gasteiger partial charge on any atom is 0.224 e. The normalized spacial score (nSPS) is 10.6. The van der Waals surface area contributed by atoms with Crippen LogP contribution in [0.25, 0.3) is 0 Å². The number of rotatable bonds is 7. The summed E-state index contributed by atoms with van der Waals surface area (Å²) < 4.78 is 0.893. The van der Waals surface area contributed by atoms with Crippen LogP contribution in [0.2, 0.25) is 0 Å². The van der Waals surface area contributed by atoms with E-state index in [0.717, 1.165) is 36.3 Å². The van der Waals surface area contributed by atoms with Crippen LogP contribution < -0.4 is 10.6 Å². The zero-order valence-corrected chi connectivity index (χ0v) is 12.2. The van der Waals surface area contributed by atoms with Crippen molar-refractivity contribution in [2.24, 2.45) is 0 Å². The van der Waals surface area contributed by atoms with E-state index in [2.05, 4.69) is 55.5 Å². The lowest BCUT2D eigenvalue weighted by Gasteiger charge is -2.11. The Labute approximate surface area is 111 Å². The lowest BCUT2D eigenvalue weighted by Crippen LogP contribution is -2.17. The van der Waals surface area contributed by atoms with E-state index in [1.165, 1.54) is 0 Å². The summed E-state index contributed by atoms with van der Waals surface area (Å²) in [6.45, 7) is 4.81. The molecule has 1 rings (SSSR count). The molecule has 0 atom stereocenters. The summed E-state index contributed by atoms with van der Waals surface area (Å²) in [6.07, 6.45) is 2.85. The van der Waals surface area contributed by atoms with Crippen LogP contribution in [0, 0.1) is 0 Å². The highest BCUT2D eigenvalue weighted by Gasteiger charge is 2.03. The minimum atomic E-state index is 0.658. The van der Waals surface area contributed by atoms with Crippen LogP contribution in [-0.2, 0) is 0 Å². The lowest BCUT2D eigenvalue weighted by atomic mass is 10.4. The van der Waals surface area contributed by atoms with Gasteiger partial charge in [-0.05, 0) is 49.9 Å². The van der Waals surface area contributed by atoms with E-state index >= 15 is 0 Å². The number of hydrogen-bond donors (Lipinski definition) is 2. The van der Waals surface area contributed by atoms with Gasteiger partial charge in [-0.3, -0.25) is 0 Å². The van der Waals surface area contributed by atoms with Crippen molar-refractivity contribution in [2.75, 3.05) is 44.4 Å². The zero-order valence-electron chi connectivity index (χ0n) is 10.6. The van der Waals surface area contributed by atoms with Gasteiger partial charge >= 0.3 is 0 Å². The summed E-state index contributed by atoms with van der Waals surface area (Å²) >= 11 is 3.44. The predicted molar refractivity (Wildman–Crippen MR) is 75.6 cm³/mol. The SMILES string of the molecule is CCNc1ncc(Br)c(NCCCN(C)C)n1. The van der Waals surface area contributed by atoms with E-state index in [4.69, 9.17) is 0 Å². The Morgan fingerprint density at radius 2 is 2.12 bits per heavy atom. The molecule has 0 aliphatic rings. The summed E-state index contributed by atoms with van der Waals surface area (Å²) in [4.78, 5) is 10.7. The molecule has 0 spiro atoms. The first-order valence-electron chi connectivity index (χ1n) is 5.78. The second-order valence-electron chi connectivity index (χ2n) is 4.00. The Morgan fingerprint density at radius 3 is 2.76 bits per heavy atom. The standard InChI is InChI=1S/C11H20BrN5/c1-4-13-11-15-8-9(12)10(16-11)14-6-5-7-17(2)3/h8H,4-7H2,1-3H3,(H2,13,14,15,16). The maximum absolute atomic E-state index is 4.38. The van der Waals surface area contributed by atoms with Crippen LogP contribution in [0.1, 0.15) is 13.3 Å². The molecular weight excluding hydrogens is 282 g/mol. The highest BCUT2D eigenvalue weighted by Crippen LogP contribution is 2.19. The van der Waals surface area contributed by atoms with Crippen molar-refractivity contribution in [2.45, 2.75) is 13.3 Å². The fourth-order valence-electron chi connectivity index (χ4n) is 1.34. The average Bonchev–Trinajstić information content (AvgIpc) is 2.28.